The molecule has 1 N–H and O–H groups in total. The predicted octanol–water partition coefficient (Wildman–Crippen LogP) is 4.12. The van der Waals surface area contributed by atoms with Crippen LogP contribution in [0.15, 0.2) is 71.6 Å². The van der Waals surface area contributed by atoms with Gasteiger partial charge in [-0.1, -0.05) is 44.2 Å². The number of hydrogen-bond donors (Lipinski definition) is 1. The minimum Gasteiger partial charge on any atom is -0.322 e. The topological polar surface area (TPSA) is 66.5 Å². The zero-order valence-corrected chi connectivity index (χ0v) is 16.2. The summed E-state index contributed by atoms with van der Waals surface area (Å²) in [7, 11) is -3.50. The predicted molar refractivity (Wildman–Crippen MR) is 108 cm³/mol. The summed E-state index contributed by atoms with van der Waals surface area (Å²) in [5, 5.41) is 4.87. The van der Waals surface area contributed by atoms with Gasteiger partial charge in [-0.3, -0.25) is 4.79 Å². The normalized spacial score (nSPS) is 11.7. The van der Waals surface area contributed by atoms with Gasteiger partial charge in [-0.05, 0) is 47.2 Å². The summed E-state index contributed by atoms with van der Waals surface area (Å²) in [5.41, 5.74) is 1.10. The number of fused-ring (bicyclic) bond motifs is 1. The summed E-state index contributed by atoms with van der Waals surface area (Å²) >= 11 is 0. The van der Waals surface area contributed by atoms with Crippen LogP contribution in [0, 0.1) is 0 Å². The zero-order chi connectivity index (χ0) is 19.4. The second-order valence-corrected chi connectivity index (χ2v) is 8.07. The van der Waals surface area contributed by atoms with Crippen molar-refractivity contribution in [2.24, 2.45) is 0 Å². The maximum Gasteiger partial charge on any atom is 0.255 e. The average Bonchev–Trinajstić information content (AvgIpc) is 2.68. The van der Waals surface area contributed by atoms with Gasteiger partial charge in [-0.2, -0.15) is 4.31 Å². The molecule has 0 bridgehead atoms. The molecule has 0 aromatic heterocycles. The average molecular weight is 382 g/mol. The summed E-state index contributed by atoms with van der Waals surface area (Å²) in [4.78, 5) is 12.7. The molecule has 0 saturated heterocycles. The first kappa shape index (κ1) is 19.1. The van der Waals surface area contributed by atoms with Crippen molar-refractivity contribution in [3.63, 3.8) is 0 Å². The van der Waals surface area contributed by atoms with Gasteiger partial charge in [0, 0.05) is 24.3 Å². The van der Waals surface area contributed by atoms with Crippen LogP contribution < -0.4 is 5.32 Å². The number of nitrogens with zero attached hydrogens (tertiary/aromatic N) is 1. The third-order valence-corrected chi connectivity index (χ3v) is 6.53. The van der Waals surface area contributed by atoms with E-state index in [1.54, 1.807) is 32.0 Å². The van der Waals surface area contributed by atoms with Crippen LogP contribution in [-0.2, 0) is 10.0 Å². The van der Waals surface area contributed by atoms with Crippen LogP contribution in [0.2, 0.25) is 0 Å². The van der Waals surface area contributed by atoms with Crippen molar-refractivity contribution in [1.29, 1.82) is 0 Å². The molecule has 3 rings (SSSR count). The second kappa shape index (κ2) is 7.90. The van der Waals surface area contributed by atoms with Gasteiger partial charge in [-0.25, -0.2) is 8.42 Å². The fraction of sp³-hybridized carbons (Fsp3) is 0.190. The molecule has 0 atom stereocenters. The molecule has 0 unspecified atom stereocenters. The van der Waals surface area contributed by atoms with E-state index in [-0.39, 0.29) is 10.8 Å². The number of carbonyl (C=O) groups is 1. The van der Waals surface area contributed by atoms with Gasteiger partial charge >= 0.3 is 0 Å². The van der Waals surface area contributed by atoms with Crippen LogP contribution in [0.25, 0.3) is 10.8 Å². The van der Waals surface area contributed by atoms with Crippen molar-refractivity contribution < 1.29 is 13.2 Å². The van der Waals surface area contributed by atoms with Crippen molar-refractivity contribution in [1.82, 2.24) is 4.31 Å². The molecule has 3 aromatic rings. The van der Waals surface area contributed by atoms with Crippen molar-refractivity contribution in [3.05, 3.63) is 72.3 Å². The van der Waals surface area contributed by atoms with E-state index < -0.39 is 10.0 Å². The number of benzene rings is 3. The summed E-state index contributed by atoms with van der Waals surface area (Å²) in [6.07, 6.45) is 0. The van der Waals surface area contributed by atoms with Crippen LogP contribution in [-0.4, -0.2) is 31.7 Å². The monoisotopic (exact) mass is 382 g/mol. The van der Waals surface area contributed by atoms with Crippen molar-refractivity contribution in [3.8, 4) is 0 Å². The Balaban J connectivity index is 1.78. The van der Waals surface area contributed by atoms with Crippen LogP contribution >= 0.6 is 0 Å². The number of hydrogen-bond acceptors (Lipinski definition) is 3. The molecule has 0 saturated carbocycles. The maximum absolute atomic E-state index is 12.5. The van der Waals surface area contributed by atoms with E-state index >= 15 is 0 Å². The first-order valence-electron chi connectivity index (χ1n) is 8.86. The number of nitrogens with one attached hydrogen (secondary N) is 1. The van der Waals surface area contributed by atoms with E-state index in [1.807, 2.05) is 36.4 Å². The van der Waals surface area contributed by atoms with Gasteiger partial charge in [0.05, 0.1) is 4.90 Å². The molecule has 0 heterocycles. The fourth-order valence-electron chi connectivity index (χ4n) is 2.96. The lowest BCUT2D eigenvalue weighted by atomic mass is 10.1. The van der Waals surface area contributed by atoms with Gasteiger partial charge in [0.15, 0.2) is 0 Å². The summed E-state index contributed by atoms with van der Waals surface area (Å²) in [5.74, 6) is -0.236. The molecule has 0 radical (unpaired) electrons. The molecule has 5 nitrogen and oxygen atoms in total. The molecule has 27 heavy (non-hydrogen) atoms. The van der Waals surface area contributed by atoms with Crippen LogP contribution in [0.3, 0.4) is 0 Å². The van der Waals surface area contributed by atoms with Gasteiger partial charge in [0.2, 0.25) is 10.0 Å². The highest BCUT2D eigenvalue weighted by atomic mass is 32.2. The lowest BCUT2D eigenvalue weighted by molar-refractivity contribution is 0.102. The molecule has 3 aromatic carbocycles. The molecule has 0 aliphatic heterocycles. The number of carbonyl (C=O) groups excluding carboxylic acids is 1. The number of amides is 1. The minimum atomic E-state index is -3.50. The molecule has 0 fully saturated rings. The Labute approximate surface area is 159 Å². The van der Waals surface area contributed by atoms with Crippen molar-refractivity contribution in [2.45, 2.75) is 18.7 Å². The van der Waals surface area contributed by atoms with Gasteiger partial charge in [-0.15, -0.1) is 0 Å². The number of anilines is 1. The first-order valence-corrected chi connectivity index (χ1v) is 10.3. The third kappa shape index (κ3) is 4.02. The smallest absolute Gasteiger partial charge is 0.255 e. The molecular formula is C21H22N2O3S. The van der Waals surface area contributed by atoms with Gasteiger partial charge in [0.1, 0.15) is 0 Å². The molecule has 0 aliphatic rings. The largest absolute Gasteiger partial charge is 0.322 e. The van der Waals surface area contributed by atoms with Crippen LogP contribution in [0.5, 0.6) is 0 Å². The van der Waals surface area contributed by atoms with Crippen molar-refractivity contribution in [2.75, 3.05) is 18.4 Å². The number of rotatable bonds is 6. The Bertz CT molecular complexity index is 1060. The Hall–Kier alpha value is -2.70. The van der Waals surface area contributed by atoms with E-state index in [0.29, 0.717) is 24.3 Å². The van der Waals surface area contributed by atoms with Gasteiger partial charge in [0.25, 0.3) is 5.91 Å². The Morgan fingerprint density at radius 2 is 1.52 bits per heavy atom. The van der Waals surface area contributed by atoms with Gasteiger partial charge < -0.3 is 5.32 Å². The van der Waals surface area contributed by atoms with Crippen LogP contribution in [0.1, 0.15) is 24.2 Å². The lowest BCUT2D eigenvalue weighted by Crippen LogP contribution is -2.30. The highest BCUT2D eigenvalue weighted by Gasteiger charge is 2.21. The van der Waals surface area contributed by atoms with E-state index in [0.717, 1.165) is 10.8 Å². The highest BCUT2D eigenvalue weighted by Crippen LogP contribution is 2.20. The molecule has 0 aliphatic carbocycles. The van der Waals surface area contributed by atoms with E-state index in [4.69, 9.17) is 0 Å². The molecular weight excluding hydrogens is 360 g/mol. The lowest BCUT2D eigenvalue weighted by Gasteiger charge is -2.18. The maximum atomic E-state index is 12.5. The fourth-order valence-corrected chi connectivity index (χ4v) is 4.41. The Kier molecular flexibility index (Phi) is 5.58. The molecule has 6 heteroatoms. The Morgan fingerprint density at radius 1 is 0.889 bits per heavy atom. The zero-order valence-electron chi connectivity index (χ0n) is 15.3. The molecule has 1 amide bonds. The molecule has 0 spiro atoms. The first-order chi connectivity index (χ1) is 13.0. The highest BCUT2D eigenvalue weighted by molar-refractivity contribution is 7.89. The van der Waals surface area contributed by atoms with E-state index in [1.165, 1.54) is 16.4 Å². The minimum absolute atomic E-state index is 0.218. The summed E-state index contributed by atoms with van der Waals surface area (Å²) in [6.45, 7) is 4.44. The van der Waals surface area contributed by atoms with E-state index in [2.05, 4.69) is 5.32 Å². The standard InChI is InChI=1S/C21H22N2O3S/c1-3-23(4-2)27(25,26)20-13-11-19(12-14-20)22-21(24)18-10-9-16-7-5-6-8-17(16)15-18/h5-15H,3-4H2,1-2H3,(H,22,24). The summed E-state index contributed by atoms with van der Waals surface area (Å²) < 4.78 is 26.4. The summed E-state index contributed by atoms with van der Waals surface area (Å²) in [6, 6.07) is 19.6. The third-order valence-electron chi connectivity index (χ3n) is 4.47. The Morgan fingerprint density at radius 3 is 2.15 bits per heavy atom. The quantitative estimate of drug-likeness (QED) is 0.697. The van der Waals surface area contributed by atoms with E-state index in [9.17, 15) is 13.2 Å². The molecule has 140 valence electrons. The second-order valence-electron chi connectivity index (χ2n) is 6.13. The van der Waals surface area contributed by atoms with Crippen molar-refractivity contribution >= 4 is 32.4 Å². The number of sulfonamides is 1. The SMILES string of the molecule is CCN(CC)S(=O)(=O)c1ccc(NC(=O)c2ccc3ccccc3c2)cc1. The van der Waals surface area contributed by atoms with Crippen LogP contribution in [0.4, 0.5) is 5.69 Å².